The van der Waals surface area contributed by atoms with E-state index in [9.17, 15) is 8.42 Å². The number of rotatable bonds is 4. The van der Waals surface area contributed by atoms with Crippen LogP contribution in [0.2, 0.25) is 0 Å². The molecule has 0 radical (unpaired) electrons. The Hall–Kier alpha value is -1.84. The van der Waals surface area contributed by atoms with E-state index in [1.807, 2.05) is 17.8 Å². The first kappa shape index (κ1) is 16.0. The molecule has 3 heterocycles. The van der Waals surface area contributed by atoms with Gasteiger partial charge in [0.15, 0.2) is 5.82 Å². The number of imidazole rings is 1. The van der Waals surface area contributed by atoms with Crippen molar-refractivity contribution >= 4 is 10.2 Å². The van der Waals surface area contributed by atoms with Crippen molar-refractivity contribution in [3.8, 4) is 11.5 Å². The Labute approximate surface area is 136 Å². The number of aromatic nitrogens is 4. The Morgan fingerprint density at radius 2 is 2.09 bits per heavy atom. The molecule has 8 nitrogen and oxygen atoms in total. The average molecular weight is 336 g/mol. The molecule has 1 unspecified atom stereocenters. The Balaban J connectivity index is 1.97. The van der Waals surface area contributed by atoms with Crippen LogP contribution >= 0.6 is 0 Å². The minimum absolute atomic E-state index is 0.282. The highest BCUT2D eigenvalue weighted by Gasteiger charge is 2.37. The zero-order valence-corrected chi connectivity index (χ0v) is 14.2. The summed E-state index contributed by atoms with van der Waals surface area (Å²) in [5.74, 6) is 0.708. The topological polar surface area (TPSA) is 84.2 Å². The van der Waals surface area contributed by atoms with Gasteiger partial charge in [-0.2, -0.15) is 17.0 Å². The van der Waals surface area contributed by atoms with Crippen molar-refractivity contribution in [2.75, 3.05) is 20.6 Å². The molecule has 23 heavy (non-hydrogen) atoms. The summed E-state index contributed by atoms with van der Waals surface area (Å²) in [7, 11) is 1.50. The van der Waals surface area contributed by atoms with Gasteiger partial charge >= 0.3 is 0 Å². The van der Waals surface area contributed by atoms with Crippen LogP contribution in [0.4, 0.5) is 0 Å². The lowest BCUT2D eigenvalue weighted by atomic mass is 10.1. The minimum atomic E-state index is -3.47. The summed E-state index contributed by atoms with van der Waals surface area (Å²) in [6.45, 7) is 0.499. The zero-order chi connectivity index (χ0) is 16.6. The van der Waals surface area contributed by atoms with Crippen LogP contribution in [0.15, 0.2) is 24.8 Å². The van der Waals surface area contributed by atoms with Gasteiger partial charge in [0.25, 0.3) is 10.2 Å². The summed E-state index contributed by atoms with van der Waals surface area (Å²) in [5.41, 5.74) is 1.30. The highest BCUT2D eigenvalue weighted by atomic mass is 32.2. The van der Waals surface area contributed by atoms with Crippen LogP contribution in [0.5, 0.6) is 0 Å². The summed E-state index contributed by atoms with van der Waals surface area (Å²) < 4.78 is 29.5. The zero-order valence-electron chi connectivity index (χ0n) is 13.4. The molecule has 0 N–H and O–H groups in total. The molecule has 124 valence electrons. The van der Waals surface area contributed by atoms with Crippen molar-refractivity contribution in [1.29, 1.82) is 0 Å². The van der Waals surface area contributed by atoms with Gasteiger partial charge in [-0.25, -0.2) is 9.97 Å². The van der Waals surface area contributed by atoms with Crippen LogP contribution in [0.3, 0.4) is 0 Å². The van der Waals surface area contributed by atoms with Crippen molar-refractivity contribution in [1.82, 2.24) is 28.1 Å². The summed E-state index contributed by atoms with van der Waals surface area (Å²) in [4.78, 5) is 13.1. The lowest BCUT2D eigenvalue weighted by Gasteiger charge is -2.26. The molecule has 1 saturated heterocycles. The first-order valence-corrected chi connectivity index (χ1v) is 8.80. The molecule has 1 aliphatic heterocycles. The van der Waals surface area contributed by atoms with Gasteiger partial charge < -0.3 is 4.57 Å². The normalized spacial score (nSPS) is 19.6. The molecule has 2 aromatic heterocycles. The van der Waals surface area contributed by atoms with Crippen molar-refractivity contribution in [2.24, 2.45) is 7.05 Å². The van der Waals surface area contributed by atoms with Crippen LogP contribution in [0, 0.1) is 0 Å². The number of hydrogen-bond donors (Lipinski definition) is 0. The third-order valence-electron chi connectivity index (χ3n) is 4.01. The van der Waals surface area contributed by atoms with Gasteiger partial charge in [-0.3, -0.25) is 4.98 Å². The van der Waals surface area contributed by atoms with Crippen molar-refractivity contribution in [2.45, 2.75) is 18.9 Å². The summed E-state index contributed by atoms with van der Waals surface area (Å²) in [6.07, 6.45) is 8.37. The van der Waals surface area contributed by atoms with E-state index < -0.39 is 10.2 Å². The maximum atomic E-state index is 12.5. The number of hydrogen-bond acceptors (Lipinski definition) is 5. The Morgan fingerprint density at radius 3 is 2.74 bits per heavy atom. The van der Waals surface area contributed by atoms with E-state index >= 15 is 0 Å². The molecular weight excluding hydrogens is 316 g/mol. The first-order valence-electron chi connectivity index (χ1n) is 7.40. The van der Waals surface area contributed by atoms with Crippen molar-refractivity contribution in [3.63, 3.8) is 0 Å². The van der Waals surface area contributed by atoms with Crippen LogP contribution < -0.4 is 0 Å². The minimum Gasteiger partial charge on any atom is -0.333 e. The molecule has 0 spiro atoms. The van der Waals surface area contributed by atoms with E-state index in [0.29, 0.717) is 23.8 Å². The third kappa shape index (κ3) is 2.87. The fourth-order valence-corrected chi connectivity index (χ4v) is 4.10. The van der Waals surface area contributed by atoms with Gasteiger partial charge in [-0.1, -0.05) is 0 Å². The van der Waals surface area contributed by atoms with E-state index in [4.69, 9.17) is 0 Å². The predicted molar refractivity (Wildman–Crippen MR) is 85.5 cm³/mol. The Kier molecular flexibility index (Phi) is 4.17. The largest absolute Gasteiger partial charge is 0.333 e. The molecule has 3 rings (SSSR count). The molecule has 1 fully saturated rings. The first-order chi connectivity index (χ1) is 10.9. The second kappa shape index (κ2) is 5.99. The lowest BCUT2D eigenvalue weighted by Crippen LogP contribution is -2.39. The summed E-state index contributed by atoms with van der Waals surface area (Å²) in [5, 5.41) is 0. The molecule has 0 amide bonds. The molecule has 9 heteroatoms. The van der Waals surface area contributed by atoms with Crippen LogP contribution in [-0.4, -0.2) is 57.2 Å². The highest BCUT2D eigenvalue weighted by Crippen LogP contribution is 2.34. The molecule has 1 aliphatic rings. The summed E-state index contributed by atoms with van der Waals surface area (Å²) >= 11 is 0. The lowest BCUT2D eigenvalue weighted by molar-refractivity contribution is 0.357. The monoisotopic (exact) mass is 336 g/mol. The Morgan fingerprint density at radius 1 is 1.30 bits per heavy atom. The fraction of sp³-hybridized carbons (Fsp3) is 0.500. The molecule has 0 saturated carbocycles. The molecular formula is C14H20N6O2S. The second-order valence-corrected chi connectivity index (χ2v) is 7.84. The maximum Gasteiger partial charge on any atom is 0.282 e. The molecule has 0 aromatic carbocycles. The molecule has 2 aromatic rings. The van der Waals surface area contributed by atoms with E-state index in [0.717, 1.165) is 12.8 Å². The number of aryl methyl sites for hydroxylation is 1. The van der Waals surface area contributed by atoms with Gasteiger partial charge in [0, 0.05) is 40.1 Å². The van der Waals surface area contributed by atoms with Crippen molar-refractivity contribution in [3.05, 3.63) is 30.5 Å². The van der Waals surface area contributed by atoms with Gasteiger partial charge in [0.2, 0.25) is 0 Å². The Bertz CT molecular complexity index is 801. The SMILES string of the molecule is CN(C)S(=O)(=O)N1CCCC1c1cncc(-c2nccn2C)n1. The van der Waals surface area contributed by atoms with Gasteiger partial charge in [-0.05, 0) is 12.8 Å². The average Bonchev–Trinajstić information content (AvgIpc) is 3.16. The van der Waals surface area contributed by atoms with E-state index in [1.165, 1.54) is 8.61 Å². The van der Waals surface area contributed by atoms with Gasteiger partial charge in [-0.15, -0.1) is 0 Å². The van der Waals surface area contributed by atoms with E-state index in [2.05, 4.69) is 15.0 Å². The fourth-order valence-electron chi connectivity index (χ4n) is 2.78. The summed E-state index contributed by atoms with van der Waals surface area (Å²) in [6, 6.07) is -0.282. The standard InChI is InChI=1S/C14H20N6O2S/c1-18(2)23(21,22)20-7-4-5-13(20)11-9-15-10-12(17-11)14-16-6-8-19(14)3/h6,8-10,13H,4-5,7H2,1-3H3. The van der Waals surface area contributed by atoms with Gasteiger partial charge in [0.05, 0.1) is 24.1 Å². The van der Waals surface area contributed by atoms with Crippen LogP contribution in [0.1, 0.15) is 24.6 Å². The van der Waals surface area contributed by atoms with Gasteiger partial charge in [0.1, 0.15) is 5.69 Å². The van der Waals surface area contributed by atoms with Crippen molar-refractivity contribution < 1.29 is 8.42 Å². The molecule has 1 atom stereocenters. The van der Waals surface area contributed by atoms with Crippen LogP contribution in [-0.2, 0) is 17.3 Å². The molecule has 0 bridgehead atoms. The van der Waals surface area contributed by atoms with E-state index in [1.54, 1.807) is 32.7 Å². The van der Waals surface area contributed by atoms with Crippen LogP contribution in [0.25, 0.3) is 11.5 Å². The predicted octanol–water partition coefficient (Wildman–Crippen LogP) is 0.820. The van der Waals surface area contributed by atoms with E-state index in [-0.39, 0.29) is 6.04 Å². The third-order valence-corrected chi connectivity index (χ3v) is 5.96. The maximum absolute atomic E-state index is 12.5. The quantitative estimate of drug-likeness (QED) is 0.825. The smallest absolute Gasteiger partial charge is 0.282 e. The second-order valence-electron chi connectivity index (χ2n) is 5.75. The molecule has 0 aliphatic carbocycles. The highest BCUT2D eigenvalue weighted by molar-refractivity contribution is 7.86. The number of nitrogens with zero attached hydrogens (tertiary/aromatic N) is 6.